The number of nitrogens with zero attached hydrogens (tertiary/aromatic N) is 4. The van der Waals surface area contributed by atoms with Gasteiger partial charge in [-0.3, -0.25) is 4.99 Å². The van der Waals surface area contributed by atoms with E-state index >= 15 is 0 Å². The summed E-state index contributed by atoms with van der Waals surface area (Å²) in [6.07, 6.45) is 12.3. The molecule has 0 bridgehead atoms. The Morgan fingerprint density at radius 1 is 1.14 bits per heavy atom. The molecule has 5 heteroatoms. The Kier molecular flexibility index (Phi) is 4.68. The van der Waals surface area contributed by atoms with Crippen molar-refractivity contribution >= 4 is 5.96 Å². The van der Waals surface area contributed by atoms with E-state index in [0.717, 1.165) is 30.9 Å². The van der Waals surface area contributed by atoms with Crippen LogP contribution in [-0.2, 0) is 6.42 Å². The smallest absolute Gasteiger partial charge is 0.191 e. The summed E-state index contributed by atoms with van der Waals surface area (Å²) < 4.78 is 0. The number of hydrogen-bond donors (Lipinski definition) is 1. The number of aliphatic imine (C=N–C) groups is 1. The number of likely N-dealkylation sites (tertiary alicyclic amines) is 1. The molecule has 2 heterocycles. The molecule has 0 unspecified atom stereocenters. The molecule has 21 heavy (non-hydrogen) atoms. The second-order valence-electron chi connectivity index (χ2n) is 6.11. The van der Waals surface area contributed by atoms with Gasteiger partial charge < -0.3 is 10.6 Å². The van der Waals surface area contributed by atoms with E-state index in [1.807, 2.05) is 12.4 Å². The second-order valence-corrected chi connectivity index (χ2v) is 6.11. The monoisotopic (exact) mass is 287 g/mol. The average molecular weight is 287 g/mol. The third-order valence-corrected chi connectivity index (χ3v) is 4.27. The maximum absolute atomic E-state index is 6.10. The fraction of sp³-hybridized carbons (Fsp3) is 0.688. The molecule has 0 amide bonds. The summed E-state index contributed by atoms with van der Waals surface area (Å²) in [5.74, 6) is 2.33. The van der Waals surface area contributed by atoms with Crippen molar-refractivity contribution in [2.75, 3.05) is 19.6 Å². The molecule has 2 aliphatic rings. The zero-order chi connectivity index (χ0) is 14.5. The highest BCUT2D eigenvalue weighted by atomic mass is 15.2. The quantitative estimate of drug-likeness (QED) is 0.680. The van der Waals surface area contributed by atoms with E-state index in [4.69, 9.17) is 5.73 Å². The van der Waals surface area contributed by atoms with Gasteiger partial charge >= 0.3 is 0 Å². The van der Waals surface area contributed by atoms with Gasteiger partial charge in [0.25, 0.3) is 0 Å². The first-order chi connectivity index (χ1) is 10.3. The zero-order valence-corrected chi connectivity index (χ0v) is 12.7. The zero-order valence-electron chi connectivity index (χ0n) is 12.7. The molecule has 3 rings (SSSR count). The lowest BCUT2D eigenvalue weighted by Gasteiger charge is -2.21. The molecule has 1 saturated carbocycles. The molecule has 1 saturated heterocycles. The minimum absolute atomic E-state index is 0.621. The molecular weight excluding hydrogens is 262 g/mol. The van der Waals surface area contributed by atoms with Gasteiger partial charge in [0, 0.05) is 37.9 Å². The van der Waals surface area contributed by atoms with E-state index in [2.05, 4.69) is 19.9 Å². The van der Waals surface area contributed by atoms with E-state index < -0.39 is 0 Å². The lowest BCUT2D eigenvalue weighted by atomic mass is 10.2. The summed E-state index contributed by atoms with van der Waals surface area (Å²) in [7, 11) is 0. The molecule has 114 valence electrons. The summed E-state index contributed by atoms with van der Waals surface area (Å²) in [4.78, 5) is 15.6. The van der Waals surface area contributed by atoms with Crippen LogP contribution in [0.5, 0.6) is 0 Å². The molecule has 1 aromatic heterocycles. The number of guanidine groups is 1. The van der Waals surface area contributed by atoms with Crippen LogP contribution in [0.3, 0.4) is 0 Å². The average Bonchev–Trinajstić information content (AvgIpc) is 3.34. The van der Waals surface area contributed by atoms with Crippen LogP contribution in [0.25, 0.3) is 0 Å². The van der Waals surface area contributed by atoms with E-state index in [0.29, 0.717) is 18.4 Å². The highest BCUT2D eigenvalue weighted by molar-refractivity contribution is 5.78. The summed E-state index contributed by atoms with van der Waals surface area (Å²) in [5.41, 5.74) is 7.24. The normalized spacial score (nSPS) is 20.4. The minimum Gasteiger partial charge on any atom is -0.370 e. The minimum atomic E-state index is 0.621. The molecule has 2 N–H and O–H groups in total. The van der Waals surface area contributed by atoms with Crippen molar-refractivity contribution in [3.8, 4) is 0 Å². The van der Waals surface area contributed by atoms with Crippen molar-refractivity contribution < 1.29 is 0 Å². The molecular formula is C16H25N5. The second kappa shape index (κ2) is 6.87. The van der Waals surface area contributed by atoms with Crippen LogP contribution >= 0.6 is 0 Å². The summed E-state index contributed by atoms with van der Waals surface area (Å²) in [5, 5.41) is 0. The Morgan fingerprint density at radius 3 is 2.43 bits per heavy atom. The van der Waals surface area contributed by atoms with Gasteiger partial charge in [0.2, 0.25) is 0 Å². The highest BCUT2D eigenvalue weighted by Gasteiger charge is 2.25. The van der Waals surface area contributed by atoms with Crippen LogP contribution in [0.15, 0.2) is 17.4 Å². The maximum atomic E-state index is 6.10. The Balaban J connectivity index is 1.48. The van der Waals surface area contributed by atoms with Crippen LogP contribution < -0.4 is 5.73 Å². The predicted octanol–water partition coefficient (Wildman–Crippen LogP) is 2.09. The van der Waals surface area contributed by atoms with Crippen LogP contribution in [0, 0.1) is 0 Å². The maximum Gasteiger partial charge on any atom is 0.191 e. The van der Waals surface area contributed by atoms with Gasteiger partial charge in [-0.1, -0.05) is 12.8 Å². The van der Waals surface area contributed by atoms with Crippen molar-refractivity contribution in [2.24, 2.45) is 10.7 Å². The summed E-state index contributed by atoms with van der Waals surface area (Å²) in [6.45, 7) is 2.82. The molecule has 1 aliphatic heterocycles. The van der Waals surface area contributed by atoms with Gasteiger partial charge in [0.1, 0.15) is 5.82 Å². The Bertz CT molecular complexity index is 470. The van der Waals surface area contributed by atoms with Gasteiger partial charge in [0.15, 0.2) is 5.96 Å². The van der Waals surface area contributed by atoms with Crippen molar-refractivity contribution in [2.45, 2.75) is 50.9 Å². The SMILES string of the molecule is NC(=NCCc1cnc(C2CC2)nc1)N1CCCCCC1. The standard InChI is InChI=1S/C16H25N5/c17-16(21-9-3-1-2-4-10-21)18-8-7-13-11-19-15(20-12-13)14-5-6-14/h11-12,14H,1-10H2,(H2,17,18). The van der Waals surface area contributed by atoms with Crippen LogP contribution in [0.4, 0.5) is 0 Å². The lowest BCUT2D eigenvalue weighted by Crippen LogP contribution is -2.38. The van der Waals surface area contributed by atoms with Gasteiger partial charge in [-0.05, 0) is 37.7 Å². The predicted molar refractivity (Wildman–Crippen MR) is 84.2 cm³/mol. The molecule has 1 aliphatic carbocycles. The summed E-state index contributed by atoms with van der Waals surface area (Å²) >= 11 is 0. The molecule has 1 aromatic rings. The molecule has 0 aromatic carbocycles. The van der Waals surface area contributed by atoms with Crippen LogP contribution in [0.2, 0.25) is 0 Å². The van der Waals surface area contributed by atoms with Crippen molar-refractivity contribution in [3.05, 3.63) is 23.8 Å². The van der Waals surface area contributed by atoms with E-state index in [-0.39, 0.29) is 0 Å². The number of aromatic nitrogens is 2. The third kappa shape index (κ3) is 4.16. The first-order valence-electron chi connectivity index (χ1n) is 8.18. The fourth-order valence-electron chi connectivity index (χ4n) is 2.75. The van der Waals surface area contributed by atoms with E-state index in [1.165, 1.54) is 38.5 Å². The number of hydrogen-bond acceptors (Lipinski definition) is 3. The van der Waals surface area contributed by atoms with Crippen molar-refractivity contribution in [1.29, 1.82) is 0 Å². The Hall–Kier alpha value is -1.65. The third-order valence-electron chi connectivity index (χ3n) is 4.27. The number of rotatable bonds is 4. The molecule has 0 radical (unpaired) electrons. The van der Waals surface area contributed by atoms with Gasteiger partial charge in [-0.2, -0.15) is 0 Å². The molecule has 5 nitrogen and oxygen atoms in total. The molecule has 0 spiro atoms. The van der Waals surface area contributed by atoms with Crippen LogP contribution in [0.1, 0.15) is 55.8 Å². The lowest BCUT2D eigenvalue weighted by molar-refractivity contribution is 0.428. The molecule has 2 fully saturated rings. The van der Waals surface area contributed by atoms with Gasteiger partial charge in [-0.15, -0.1) is 0 Å². The molecule has 0 atom stereocenters. The van der Waals surface area contributed by atoms with Crippen molar-refractivity contribution in [1.82, 2.24) is 14.9 Å². The van der Waals surface area contributed by atoms with E-state index in [9.17, 15) is 0 Å². The van der Waals surface area contributed by atoms with Gasteiger partial charge in [-0.25, -0.2) is 9.97 Å². The van der Waals surface area contributed by atoms with Crippen LogP contribution in [-0.4, -0.2) is 40.5 Å². The first-order valence-corrected chi connectivity index (χ1v) is 8.18. The Labute approximate surface area is 126 Å². The first kappa shape index (κ1) is 14.3. The highest BCUT2D eigenvalue weighted by Crippen LogP contribution is 2.37. The summed E-state index contributed by atoms with van der Waals surface area (Å²) in [6, 6.07) is 0. The van der Waals surface area contributed by atoms with Crippen molar-refractivity contribution in [3.63, 3.8) is 0 Å². The number of nitrogens with two attached hydrogens (primary N) is 1. The fourth-order valence-corrected chi connectivity index (χ4v) is 2.75. The topological polar surface area (TPSA) is 67.4 Å². The van der Waals surface area contributed by atoms with Gasteiger partial charge in [0.05, 0.1) is 0 Å². The van der Waals surface area contributed by atoms with E-state index in [1.54, 1.807) is 0 Å². The Morgan fingerprint density at radius 2 is 1.81 bits per heavy atom. The largest absolute Gasteiger partial charge is 0.370 e.